The summed E-state index contributed by atoms with van der Waals surface area (Å²) < 4.78 is 4.07. The Balaban J connectivity index is 2.93. The summed E-state index contributed by atoms with van der Waals surface area (Å²) in [6.07, 6.45) is 1.43. The van der Waals surface area contributed by atoms with Gasteiger partial charge in [0.05, 0.1) is 5.69 Å². The van der Waals surface area contributed by atoms with E-state index in [-0.39, 0.29) is 0 Å². The Bertz CT molecular complexity index is 355. The van der Waals surface area contributed by atoms with Crippen LogP contribution in [0.3, 0.4) is 0 Å². The standard InChI is InChI=1S/C5H4N4S/c1-3-4-5(10-9-3)8-7-2-6-4/h2H,1H3. The first-order chi connectivity index (χ1) is 4.88. The predicted octanol–water partition coefficient (Wildman–Crippen LogP) is 0.790. The largest absolute Gasteiger partial charge is 0.230 e. The minimum Gasteiger partial charge on any atom is -0.230 e. The van der Waals surface area contributed by atoms with E-state index in [0.29, 0.717) is 0 Å². The molecule has 0 fully saturated rings. The molecule has 0 amide bonds. The fraction of sp³-hybridized carbons (Fsp3) is 0.200. The topological polar surface area (TPSA) is 51.6 Å². The van der Waals surface area contributed by atoms with Crippen molar-refractivity contribution in [2.75, 3.05) is 0 Å². The highest BCUT2D eigenvalue weighted by Crippen LogP contribution is 2.14. The number of hydrogen-bond donors (Lipinski definition) is 0. The Hall–Kier alpha value is -1.10. The van der Waals surface area contributed by atoms with Crippen LogP contribution in [-0.4, -0.2) is 19.6 Å². The van der Waals surface area contributed by atoms with Crippen LogP contribution in [0.2, 0.25) is 0 Å². The van der Waals surface area contributed by atoms with Crippen molar-refractivity contribution in [3.05, 3.63) is 12.0 Å². The number of rotatable bonds is 0. The van der Waals surface area contributed by atoms with Crippen LogP contribution in [0.4, 0.5) is 0 Å². The second-order valence-electron chi connectivity index (χ2n) is 1.88. The molecule has 0 unspecified atom stereocenters. The van der Waals surface area contributed by atoms with Crippen molar-refractivity contribution in [1.82, 2.24) is 19.6 Å². The zero-order valence-corrected chi connectivity index (χ0v) is 6.09. The van der Waals surface area contributed by atoms with Gasteiger partial charge in [-0.3, -0.25) is 0 Å². The Labute approximate surface area is 61.1 Å². The second kappa shape index (κ2) is 1.95. The van der Waals surface area contributed by atoms with Crippen LogP contribution in [0.15, 0.2) is 6.33 Å². The molecule has 0 aliphatic heterocycles. The molecule has 0 atom stereocenters. The smallest absolute Gasteiger partial charge is 0.184 e. The van der Waals surface area contributed by atoms with Crippen molar-refractivity contribution < 1.29 is 0 Å². The second-order valence-corrected chi connectivity index (χ2v) is 2.63. The molecular formula is C5H4N4S. The first kappa shape index (κ1) is 5.67. The van der Waals surface area contributed by atoms with Gasteiger partial charge in [0, 0.05) is 0 Å². The molecule has 0 N–H and O–H groups in total. The van der Waals surface area contributed by atoms with Crippen molar-refractivity contribution >= 4 is 21.9 Å². The molecule has 10 heavy (non-hydrogen) atoms. The molecule has 2 aromatic heterocycles. The Kier molecular flexibility index (Phi) is 1.10. The van der Waals surface area contributed by atoms with Crippen LogP contribution in [-0.2, 0) is 0 Å². The van der Waals surface area contributed by atoms with Gasteiger partial charge in [-0.2, -0.15) is 4.37 Å². The van der Waals surface area contributed by atoms with Gasteiger partial charge in [0.2, 0.25) is 0 Å². The lowest BCUT2D eigenvalue weighted by atomic mass is 10.4. The molecule has 2 rings (SSSR count). The van der Waals surface area contributed by atoms with E-state index >= 15 is 0 Å². The minimum atomic E-state index is 0.806. The van der Waals surface area contributed by atoms with E-state index in [1.807, 2.05) is 6.92 Å². The molecular weight excluding hydrogens is 148 g/mol. The molecule has 5 heteroatoms. The van der Waals surface area contributed by atoms with Gasteiger partial charge in [0.1, 0.15) is 11.8 Å². The van der Waals surface area contributed by atoms with E-state index in [2.05, 4.69) is 19.6 Å². The van der Waals surface area contributed by atoms with Crippen LogP contribution >= 0.6 is 11.5 Å². The van der Waals surface area contributed by atoms with Crippen LogP contribution in [0, 0.1) is 6.92 Å². The van der Waals surface area contributed by atoms with Gasteiger partial charge < -0.3 is 0 Å². The molecule has 0 aliphatic rings. The normalized spacial score (nSPS) is 10.5. The third-order valence-corrected chi connectivity index (χ3v) is 2.01. The van der Waals surface area contributed by atoms with Gasteiger partial charge in [-0.25, -0.2) is 4.98 Å². The lowest BCUT2D eigenvalue weighted by Gasteiger charge is -1.82. The van der Waals surface area contributed by atoms with Gasteiger partial charge in [-0.15, -0.1) is 10.2 Å². The molecule has 0 aromatic carbocycles. The Morgan fingerprint density at radius 2 is 2.40 bits per heavy atom. The van der Waals surface area contributed by atoms with Crippen molar-refractivity contribution in [2.24, 2.45) is 0 Å². The van der Waals surface area contributed by atoms with Gasteiger partial charge in [-0.1, -0.05) is 0 Å². The molecule has 4 nitrogen and oxygen atoms in total. The quantitative estimate of drug-likeness (QED) is 0.560. The summed E-state index contributed by atoms with van der Waals surface area (Å²) in [6.45, 7) is 1.91. The molecule has 0 saturated heterocycles. The summed E-state index contributed by atoms with van der Waals surface area (Å²) in [7, 11) is 0. The minimum absolute atomic E-state index is 0.806. The maximum Gasteiger partial charge on any atom is 0.184 e. The Morgan fingerprint density at radius 3 is 3.20 bits per heavy atom. The molecule has 2 aromatic rings. The maximum atomic E-state index is 4.07. The summed E-state index contributed by atoms with van der Waals surface area (Å²) >= 11 is 1.33. The highest BCUT2D eigenvalue weighted by molar-refractivity contribution is 7.12. The van der Waals surface area contributed by atoms with Gasteiger partial charge >= 0.3 is 0 Å². The van der Waals surface area contributed by atoms with Gasteiger partial charge in [-0.05, 0) is 18.5 Å². The first-order valence-corrected chi connectivity index (χ1v) is 3.55. The van der Waals surface area contributed by atoms with Gasteiger partial charge in [0.25, 0.3) is 0 Å². The molecule has 0 bridgehead atoms. The van der Waals surface area contributed by atoms with Crippen LogP contribution in [0.1, 0.15) is 5.69 Å². The number of hydrogen-bond acceptors (Lipinski definition) is 5. The first-order valence-electron chi connectivity index (χ1n) is 2.77. The van der Waals surface area contributed by atoms with E-state index in [1.54, 1.807) is 0 Å². The fourth-order valence-electron chi connectivity index (χ4n) is 0.729. The van der Waals surface area contributed by atoms with Crippen LogP contribution in [0.25, 0.3) is 10.3 Å². The SMILES string of the molecule is Cc1nsc2nncnc12. The third kappa shape index (κ3) is 0.672. The van der Waals surface area contributed by atoms with Crippen LogP contribution < -0.4 is 0 Å². The van der Waals surface area contributed by atoms with Gasteiger partial charge in [0.15, 0.2) is 4.83 Å². The molecule has 0 radical (unpaired) electrons. The average Bonchev–Trinajstić information content (AvgIpc) is 2.34. The maximum absolute atomic E-state index is 4.07. The summed E-state index contributed by atoms with van der Waals surface area (Å²) in [5.74, 6) is 0. The highest BCUT2D eigenvalue weighted by Gasteiger charge is 2.01. The van der Waals surface area contributed by atoms with Crippen LogP contribution in [0.5, 0.6) is 0 Å². The lowest BCUT2D eigenvalue weighted by Crippen LogP contribution is -1.82. The third-order valence-electron chi connectivity index (χ3n) is 1.20. The Morgan fingerprint density at radius 1 is 1.50 bits per heavy atom. The number of nitrogens with zero attached hydrogens (tertiary/aromatic N) is 4. The lowest BCUT2D eigenvalue weighted by molar-refractivity contribution is 1.03. The number of aryl methyl sites for hydroxylation is 1. The molecule has 0 aliphatic carbocycles. The average molecular weight is 152 g/mol. The van der Waals surface area contributed by atoms with Crippen molar-refractivity contribution in [3.8, 4) is 0 Å². The summed E-state index contributed by atoms with van der Waals surface area (Å²) in [4.78, 5) is 4.82. The fourth-order valence-corrected chi connectivity index (χ4v) is 1.41. The summed E-state index contributed by atoms with van der Waals surface area (Å²) in [5, 5.41) is 7.48. The molecule has 2 heterocycles. The zero-order valence-electron chi connectivity index (χ0n) is 5.27. The number of fused-ring (bicyclic) bond motifs is 1. The van der Waals surface area contributed by atoms with Crippen molar-refractivity contribution in [3.63, 3.8) is 0 Å². The predicted molar refractivity (Wildman–Crippen MR) is 37.7 cm³/mol. The van der Waals surface area contributed by atoms with E-state index in [4.69, 9.17) is 0 Å². The number of aromatic nitrogens is 4. The molecule has 0 saturated carbocycles. The van der Waals surface area contributed by atoms with E-state index in [1.165, 1.54) is 17.9 Å². The highest BCUT2D eigenvalue weighted by atomic mass is 32.1. The van der Waals surface area contributed by atoms with E-state index < -0.39 is 0 Å². The van der Waals surface area contributed by atoms with Crippen molar-refractivity contribution in [1.29, 1.82) is 0 Å². The summed E-state index contributed by atoms with van der Waals surface area (Å²) in [5.41, 5.74) is 1.79. The zero-order chi connectivity index (χ0) is 6.97. The monoisotopic (exact) mass is 152 g/mol. The summed E-state index contributed by atoms with van der Waals surface area (Å²) in [6, 6.07) is 0. The van der Waals surface area contributed by atoms with E-state index in [0.717, 1.165) is 16.0 Å². The van der Waals surface area contributed by atoms with Crippen molar-refractivity contribution in [2.45, 2.75) is 6.92 Å². The van der Waals surface area contributed by atoms with E-state index in [9.17, 15) is 0 Å². The molecule has 50 valence electrons. The molecule has 0 spiro atoms.